The smallest absolute Gasteiger partial charge is 0.156 e. The van der Waals surface area contributed by atoms with Crippen LogP contribution >= 0.6 is 0 Å². The zero-order valence-electron chi connectivity index (χ0n) is 18.5. The number of nitrogens with one attached hydrogen (secondary N) is 1. The first-order valence-electron chi connectivity index (χ1n) is 11.3. The van der Waals surface area contributed by atoms with E-state index in [4.69, 9.17) is 10.1 Å². The number of rotatable bonds is 5. The lowest BCUT2D eigenvalue weighted by Gasteiger charge is -2.24. The van der Waals surface area contributed by atoms with Gasteiger partial charge in [0.2, 0.25) is 0 Å². The quantitative estimate of drug-likeness (QED) is 0.393. The van der Waals surface area contributed by atoms with Crippen LogP contribution in [0.1, 0.15) is 43.2 Å². The monoisotopic (exact) mass is 426 g/mol. The minimum atomic E-state index is 0.545. The second-order valence-electron chi connectivity index (χ2n) is 7.94. The predicted molar refractivity (Wildman–Crippen MR) is 132 cm³/mol. The molecule has 1 saturated carbocycles. The number of nitrogens with zero attached hydrogens (tertiary/aromatic N) is 3. The average Bonchev–Trinajstić information content (AvgIpc) is 3.34. The molecule has 0 atom stereocenters. The van der Waals surface area contributed by atoms with Crippen LogP contribution in [0.5, 0.6) is 0 Å². The Balaban J connectivity index is 0.00000119. The maximum absolute atomic E-state index is 7.00. The summed E-state index contributed by atoms with van der Waals surface area (Å²) in [5.41, 5.74) is 5.30. The van der Waals surface area contributed by atoms with E-state index in [0.29, 0.717) is 6.04 Å². The van der Waals surface area contributed by atoms with Crippen LogP contribution in [-0.4, -0.2) is 33.6 Å². The number of hydrogen-bond donors (Lipinski definition) is 2. The minimum Gasteiger partial charge on any atom is -0.400 e. The highest BCUT2D eigenvalue weighted by molar-refractivity contribution is 6.13. The Morgan fingerprint density at radius 2 is 1.50 bits per heavy atom. The van der Waals surface area contributed by atoms with Crippen LogP contribution in [0.2, 0.25) is 0 Å². The number of aromatic nitrogens is 2. The van der Waals surface area contributed by atoms with Crippen LogP contribution in [0.3, 0.4) is 0 Å². The molecule has 0 spiro atoms. The molecule has 32 heavy (non-hydrogen) atoms. The molecular formula is C27H30N4O. The Hall–Kier alpha value is -3.44. The van der Waals surface area contributed by atoms with Crippen molar-refractivity contribution in [2.24, 2.45) is 4.99 Å². The number of fused-ring (bicyclic) bond motifs is 1. The highest BCUT2D eigenvalue weighted by Gasteiger charge is 2.15. The fraction of sp³-hybridized carbons (Fsp3) is 0.259. The molecule has 5 heteroatoms. The summed E-state index contributed by atoms with van der Waals surface area (Å²) in [7, 11) is 1.00. The van der Waals surface area contributed by atoms with Crippen molar-refractivity contribution in [3.05, 3.63) is 96.2 Å². The van der Waals surface area contributed by atoms with Crippen molar-refractivity contribution in [3.8, 4) is 0 Å². The van der Waals surface area contributed by atoms with Crippen LogP contribution in [0.25, 0.3) is 5.52 Å². The number of aliphatic hydroxyl groups is 1. The van der Waals surface area contributed by atoms with Gasteiger partial charge in [0, 0.05) is 36.0 Å². The molecule has 2 aromatic carbocycles. The van der Waals surface area contributed by atoms with Gasteiger partial charge in [-0.2, -0.15) is 5.10 Å². The fourth-order valence-corrected chi connectivity index (χ4v) is 4.26. The van der Waals surface area contributed by atoms with Crippen LogP contribution in [0, 0.1) is 0 Å². The van der Waals surface area contributed by atoms with E-state index in [2.05, 4.69) is 71.1 Å². The van der Waals surface area contributed by atoms with Gasteiger partial charge >= 0.3 is 0 Å². The molecule has 5 rings (SSSR count). The molecule has 5 nitrogen and oxygen atoms in total. The molecule has 0 radical (unpaired) electrons. The maximum atomic E-state index is 7.00. The van der Waals surface area contributed by atoms with Gasteiger partial charge in [-0.15, -0.1) is 0 Å². The van der Waals surface area contributed by atoms with E-state index >= 15 is 0 Å². The lowest BCUT2D eigenvalue weighted by Crippen LogP contribution is -2.22. The third-order valence-electron chi connectivity index (χ3n) is 5.77. The molecule has 0 saturated heterocycles. The summed E-state index contributed by atoms with van der Waals surface area (Å²) in [6.45, 7) is 0. The molecule has 0 amide bonds. The van der Waals surface area contributed by atoms with Crippen molar-refractivity contribution in [1.82, 2.24) is 9.61 Å². The van der Waals surface area contributed by atoms with Gasteiger partial charge in [-0.1, -0.05) is 79.9 Å². The Bertz CT molecular complexity index is 1100. The van der Waals surface area contributed by atoms with Gasteiger partial charge in [-0.25, -0.2) is 9.51 Å². The summed E-state index contributed by atoms with van der Waals surface area (Å²) < 4.78 is 1.91. The molecule has 1 aliphatic carbocycles. The number of benzene rings is 2. The number of aliphatic hydroxyl groups excluding tert-OH is 1. The molecule has 2 heterocycles. The Kier molecular flexibility index (Phi) is 7.31. The third kappa shape index (κ3) is 5.06. The van der Waals surface area contributed by atoms with Crippen molar-refractivity contribution < 1.29 is 5.11 Å². The Labute approximate surface area is 189 Å². The lowest BCUT2D eigenvalue weighted by molar-refractivity contribution is 0.399. The van der Waals surface area contributed by atoms with Gasteiger partial charge in [0.25, 0.3) is 0 Å². The molecular weight excluding hydrogens is 396 g/mol. The zero-order valence-corrected chi connectivity index (χ0v) is 18.5. The summed E-state index contributed by atoms with van der Waals surface area (Å²) in [4.78, 5) is 5.13. The van der Waals surface area contributed by atoms with Gasteiger partial charge in [0.05, 0.1) is 17.4 Å². The van der Waals surface area contributed by atoms with E-state index < -0.39 is 0 Å². The maximum Gasteiger partial charge on any atom is 0.156 e. The van der Waals surface area contributed by atoms with Crippen molar-refractivity contribution in [1.29, 1.82) is 0 Å². The van der Waals surface area contributed by atoms with Gasteiger partial charge in [-0.05, 0) is 25.0 Å². The molecule has 4 aromatic rings. The van der Waals surface area contributed by atoms with Gasteiger partial charge < -0.3 is 10.4 Å². The highest BCUT2D eigenvalue weighted by Crippen LogP contribution is 2.27. The van der Waals surface area contributed by atoms with Crippen LogP contribution < -0.4 is 5.32 Å². The summed E-state index contributed by atoms with van der Waals surface area (Å²) in [6, 6.07) is 27.6. The molecule has 1 fully saturated rings. The third-order valence-corrected chi connectivity index (χ3v) is 5.77. The van der Waals surface area contributed by atoms with Crippen molar-refractivity contribution in [2.75, 3.05) is 12.4 Å². The fourth-order valence-electron chi connectivity index (χ4n) is 4.26. The highest BCUT2D eigenvalue weighted by atomic mass is 16.2. The van der Waals surface area contributed by atoms with E-state index in [0.717, 1.165) is 41.0 Å². The second kappa shape index (κ2) is 10.7. The standard InChI is InChI=1S/C26H26N4.CH4O/c1-4-10-20(11-5-1)26(21-12-6-2-7-13-21)29-25-19-23(18-24-16-17-27-30(24)25)28-22-14-8-3-9-15-22;1-2/h1-2,4-7,10-13,16-19,22,28H,3,8-9,14-15H2;2H,1H3. The first-order valence-corrected chi connectivity index (χ1v) is 11.3. The molecule has 0 aliphatic heterocycles. The van der Waals surface area contributed by atoms with Crippen LogP contribution in [0.15, 0.2) is 90.1 Å². The van der Waals surface area contributed by atoms with Gasteiger partial charge in [-0.3, -0.25) is 0 Å². The zero-order chi connectivity index (χ0) is 22.2. The van der Waals surface area contributed by atoms with E-state index in [1.165, 1.54) is 32.1 Å². The Morgan fingerprint density at radius 1 is 0.875 bits per heavy atom. The minimum absolute atomic E-state index is 0.545. The van der Waals surface area contributed by atoms with Crippen molar-refractivity contribution in [2.45, 2.75) is 38.1 Å². The number of anilines is 1. The van der Waals surface area contributed by atoms with Crippen LogP contribution in [0.4, 0.5) is 11.5 Å². The number of aliphatic imine (C=N–C) groups is 1. The van der Waals surface area contributed by atoms with E-state index in [1.807, 2.05) is 28.9 Å². The summed E-state index contributed by atoms with van der Waals surface area (Å²) >= 11 is 0. The predicted octanol–water partition coefficient (Wildman–Crippen LogP) is 5.86. The van der Waals surface area contributed by atoms with E-state index in [1.54, 1.807) is 0 Å². The first kappa shape index (κ1) is 21.8. The molecule has 2 N–H and O–H groups in total. The normalized spacial score (nSPS) is 13.8. The van der Waals surface area contributed by atoms with Crippen molar-refractivity contribution in [3.63, 3.8) is 0 Å². The topological polar surface area (TPSA) is 61.9 Å². The van der Waals surface area contributed by atoms with E-state index in [9.17, 15) is 0 Å². The second-order valence-corrected chi connectivity index (χ2v) is 7.94. The van der Waals surface area contributed by atoms with E-state index in [-0.39, 0.29) is 0 Å². The number of hydrogen-bond acceptors (Lipinski definition) is 4. The van der Waals surface area contributed by atoms with Gasteiger partial charge in [0.1, 0.15) is 0 Å². The number of pyridine rings is 1. The summed E-state index contributed by atoms with van der Waals surface area (Å²) in [6.07, 6.45) is 8.29. The van der Waals surface area contributed by atoms with Crippen molar-refractivity contribution >= 4 is 22.7 Å². The first-order chi connectivity index (χ1) is 15.9. The lowest BCUT2D eigenvalue weighted by atomic mass is 9.95. The summed E-state index contributed by atoms with van der Waals surface area (Å²) in [5.74, 6) is 0.832. The summed E-state index contributed by atoms with van der Waals surface area (Å²) in [5, 5.41) is 15.3. The largest absolute Gasteiger partial charge is 0.400 e. The average molecular weight is 427 g/mol. The SMILES string of the molecule is CO.c1ccc(C(=Nc2cc(NC3CCCCC3)cc3ccnn23)c2ccccc2)cc1. The molecule has 2 aromatic heterocycles. The molecule has 164 valence electrons. The molecule has 1 aliphatic rings. The van der Waals surface area contributed by atoms with Gasteiger partial charge in [0.15, 0.2) is 5.82 Å². The molecule has 0 unspecified atom stereocenters. The van der Waals surface area contributed by atoms with Crippen LogP contribution in [-0.2, 0) is 0 Å². The Morgan fingerprint density at radius 3 is 2.12 bits per heavy atom. The molecule has 0 bridgehead atoms.